The first kappa shape index (κ1) is 21.5. The molecule has 0 fully saturated rings. The molecular formula is C24H28N2O6. The van der Waals surface area contributed by atoms with Crippen LogP contribution in [0.2, 0.25) is 0 Å². The van der Waals surface area contributed by atoms with Crippen LogP contribution in [0.1, 0.15) is 24.2 Å². The number of fused-ring (bicyclic) bond motifs is 2. The van der Waals surface area contributed by atoms with E-state index in [1.165, 1.54) is 0 Å². The molecule has 8 heteroatoms. The van der Waals surface area contributed by atoms with Crippen molar-refractivity contribution in [1.82, 2.24) is 9.97 Å². The van der Waals surface area contributed by atoms with Crippen molar-refractivity contribution >= 4 is 21.8 Å². The molecule has 2 N–H and O–H groups in total. The number of benzene rings is 2. The van der Waals surface area contributed by atoms with E-state index in [1.807, 2.05) is 24.3 Å². The van der Waals surface area contributed by atoms with E-state index in [9.17, 15) is 0 Å². The van der Waals surface area contributed by atoms with Gasteiger partial charge in [0.2, 0.25) is 0 Å². The van der Waals surface area contributed by atoms with E-state index in [4.69, 9.17) is 28.4 Å². The number of hydrogen-bond acceptors (Lipinski definition) is 6. The fourth-order valence-electron chi connectivity index (χ4n) is 4.36. The maximum atomic E-state index is 5.85. The van der Waals surface area contributed by atoms with Gasteiger partial charge in [-0.15, -0.1) is 0 Å². The van der Waals surface area contributed by atoms with Gasteiger partial charge < -0.3 is 38.4 Å². The molecule has 0 unspecified atom stereocenters. The molecule has 170 valence electrons. The average Bonchev–Trinajstić information content (AvgIpc) is 3.40. The van der Waals surface area contributed by atoms with E-state index in [2.05, 4.69) is 16.9 Å². The number of rotatable bonds is 8. The second-order valence-corrected chi connectivity index (χ2v) is 7.31. The lowest BCUT2D eigenvalue weighted by atomic mass is 10.0. The monoisotopic (exact) mass is 440 g/mol. The topological polar surface area (TPSA) is 87.0 Å². The summed E-state index contributed by atoms with van der Waals surface area (Å²) < 4.78 is 33.9. The molecule has 0 spiro atoms. The van der Waals surface area contributed by atoms with Crippen molar-refractivity contribution in [2.45, 2.75) is 12.8 Å². The van der Waals surface area contributed by atoms with Gasteiger partial charge in [-0.3, -0.25) is 0 Å². The van der Waals surface area contributed by atoms with Crippen LogP contribution in [0, 0.1) is 0 Å². The van der Waals surface area contributed by atoms with Crippen LogP contribution in [-0.2, 0) is 0 Å². The van der Waals surface area contributed by atoms with Gasteiger partial charge in [0.05, 0.1) is 75.9 Å². The number of methoxy groups -OCH3 is 6. The molecule has 2 heterocycles. The highest BCUT2D eigenvalue weighted by Gasteiger charge is 2.28. The molecule has 0 amide bonds. The van der Waals surface area contributed by atoms with Crippen LogP contribution in [0.3, 0.4) is 0 Å². The Labute approximate surface area is 186 Å². The number of aromatic nitrogens is 2. The van der Waals surface area contributed by atoms with Crippen molar-refractivity contribution in [3.8, 4) is 34.5 Å². The first-order valence-corrected chi connectivity index (χ1v) is 10.2. The summed E-state index contributed by atoms with van der Waals surface area (Å²) in [5.74, 6) is 3.75. The standard InChI is InChI=1S/C24H28N2O6/c1-12(19-23(31-6)17-13(25-19)8-10-15(27-2)21(17)29-4)20-24(32-7)18-14(26-20)9-11-16(28-3)22(18)30-5/h8-12,25-26H,1-7H3. The molecule has 0 aliphatic heterocycles. The normalized spacial score (nSPS) is 11.2. The summed E-state index contributed by atoms with van der Waals surface area (Å²) in [6, 6.07) is 7.63. The lowest BCUT2D eigenvalue weighted by Crippen LogP contribution is -2.02. The Morgan fingerprint density at radius 2 is 0.906 bits per heavy atom. The van der Waals surface area contributed by atoms with E-state index >= 15 is 0 Å². The molecule has 0 radical (unpaired) electrons. The summed E-state index contributed by atoms with van der Waals surface area (Å²) >= 11 is 0. The number of aromatic amines is 2. The lowest BCUT2D eigenvalue weighted by molar-refractivity contribution is 0.356. The minimum Gasteiger partial charge on any atom is -0.494 e. The van der Waals surface area contributed by atoms with Crippen molar-refractivity contribution in [3.05, 3.63) is 35.7 Å². The Balaban J connectivity index is 1.96. The van der Waals surface area contributed by atoms with Crippen LogP contribution < -0.4 is 28.4 Å². The van der Waals surface area contributed by atoms with E-state index in [-0.39, 0.29) is 5.92 Å². The molecule has 2 aromatic heterocycles. The third-order valence-electron chi connectivity index (χ3n) is 5.85. The van der Waals surface area contributed by atoms with Gasteiger partial charge in [0.1, 0.15) is 0 Å². The quantitative estimate of drug-likeness (QED) is 0.407. The molecule has 4 aromatic rings. The summed E-state index contributed by atoms with van der Waals surface area (Å²) in [5, 5.41) is 1.65. The van der Waals surface area contributed by atoms with Crippen LogP contribution in [-0.4, -0.2) is 52.6 Å². The van der Waals surface area contributed by atoms with Crippen LogP contribution in [0.15, 0.2) is 24.3 Å². The van der Waals surface area contributed by atoms with Gasteiger partial charge in [0.15, 0.2) is 34.5 Å². The molecule has 8 nitrogen and oxygen atoms in total. The van der Waals surface area contributed by atoms with Crippen LogP contribution in [0.5, 0.6) is 34.5 Å². The third kappa shape index (κ3) is 3.05. The Morgan fingerprint density at radius 3 is 1.22 bits per heavy atom. The zero-order valence-corrected chi connectivity index (χ0v) is 19.3. The number of H-pyrrole nitrogens is 2. The highest BCUT2D eigenvalue weighted by Crippen LogP contribution is 2.49. The van der Waals surface area contributed by atoms with Crippen LogP contribution >= 0.6 is 0 Å². The predicted molar refractivity (Wildman–Crippen MR) is 123 cm³/mol. The summed E-state index contributed by atoms with van der Waals surface area (Å²) in [4.78, 5) is 6.99. The molecule has 0 bridgehead atoms. The van der Waals surface area contributed by atoms with E-state index in [1.54, 1.807) is 42.7 Å². The van der Waals surface area contributed by atoms with Crippen molar-refractivity contribution in [2.24, 2.45) is 0 Å². The molecule has 2 aromatic carbocycles. The molecule has 0 aliphatic rings. The smallest absolute Gasteiger partial charge is 0.173 e. The molecule has 0 atom stereocenters. The molecule has 4 rings (SSSR count). The zero-order valence-electron chi connectivity index (χ0n) is 19.3. The van der Waals surface area contributed by atoms with Crippen molar-refractivity contribution in [3.63, 3.8) is 0 Å². The maximum Gasteiger partial charge on any atom is 0.173 e. The van der Waals surface area contributed by atoms with E-state index < -0.39 is 0 Å². The lowest BCUT2D eigenvalue weighted by Gasteiger charge is -2.14. The first-order valence-electron chi connectivity index (χ1n) is 10.2. The summed E-state index contributed by atoms with van der Waals surface area (Å²) in [7, 11) is 9.76. The average molecular weight is 440 g/mol. The Hall–Kier alpha value is -3.68. The second kappa shape index (κ2) is 8.45. The predicted octanol–water partition coefficient (Wildman–Crippen LogP) is 4.85. The summed E-state index contributed by atoms with van der Waals surface area (Å²) in [6.45, 7) is 2.08. The van der Waals surface area contributed by atoms with Gasteiger partial charge in [-0.1, -0.05) is 6.92 Å². The Kier molecular flexibility index (Phi) is 5.69. The largest absolute Gasteiger partial charge is 0.494 e. The highest BCUT2D eigenvalue weighted by atomic mass is 16.5. The number of hydrogen-bond donors (Lipinski definition) is 2. The fraction of sp³-hybridized carbons (Fsp3) is 0.333. The third-order valence-corrected chi connectivity index (χ3v) is 5.85. The minimum absolute atomic E-state index is 0.133. The van der Waals surface area contributed by atoms with E-state index in [0.717, 1.165) is 33.2 Å². The van der Waals surface area contributed by atoms with Gasteiger partial charge in [0, 0.05) is 5.92 Å². The molecule has 32 heavy (non-hydrogen) atoms. The Morgan fingerprint density at radius 1 is 0.531 bits per heavy atom. The number of nitrogens with one attached hydrogen (secondary N) is 2. The van der Waals surface area contributed by atoms with Crippen molar-refractivity contribution in [1.29, 1.82) is 0 Å². The fourth-order valence-corrected chi connectivity index (χ4v) is 4.36. The van der Waals surface area contributed by atoms with Gasteiger partial charge in [-0.2, -0.15) is 0 Å². The van der Waals surface area contributed by atoms with E-state index in [0.29, 0.717) is 34.5 Å². The summed E-state index contributed by atoms with van der Waals surface area (Å²) in [6.07, 6.45) is 0. The second-order valence-electron chi connectivity index (χ2n) is 7.31. The minimum atomic E-state index is -0.133. The van der Waals surface area contributed by atoms with Gasteiger partial charge in [-0.05, 0) is 24.3 Å². The van der Waals surface area contributed by atoms with Gasteiger partial charge in [-0.25, -0.2) is 0 Å². The number of ether oxygens (including phenoxy) is 6. The zero-order chi connectivity index (χ0) is 23.0. The van der Waals surface area contributed by atoms with Crippen LogP contribution in [0.25, 0.3) is 21.8 Å². The van der Waals surface area contributed by atoms with Crippen molar-refractivity contribution < 1.29 is 28.4 Å². The highest BCUT2D eigenvalue weighted by molar-refractivity contribution is 5.97. The molecule has 0 saturated carbocycles. The SMILES string of the molecule is COc1ccc2[nH]c(C(C)c3[nH]c4ccc(OC)c(OC)c4c3OC)c(OC)c2c1OC. The Bertz CT molecular complexity index is 1180. The first-order chi connectivity index (χ1) is 15.5. The van der Waals surface area contributed by atoms with Crippen molar-refractivity contribution in [2.75, 3.05) is 42.7 Å². The maximum absolute atomic E-state index is 5.85. The van der Waals surface area contributed by atoms with Crippen LogP contribution in [0.4, 0.5) is 0 Å². The molecular weight excluding hydrogens is 412 g/mol. The summed E-state index contributed by atoms with van der Waals surface area (Å²) in [5.41, 5.74) is 3.53. The van der Waals surface area contributed by atoms with Gasteiger partial charge >= 0.3 is 0 Å². The molecule has 0 aliphatic carbocycles. The molecule has 0 saturated heterocycles. The van der Waals surface area contributed by atoms with Gasteiger partial charge in [0.25, 0.3) is 0 Å².